The second-order valence-electron chi connectivity index (χ2n) is 9.92. The van der Waals surface area contributed by atoms with E-state index in [1.807, 2.05) is 44.2 Å². The van der Waals surface area contributed by atoms with Gasteiger partial charge in [0.1, 0.15) is 11.8 Å². The summed E-state index contributed by atoms with van der Waals surface area (Å²) in [6.45, 7) is 11.5. The average Bonchev–Trinajstić information content (AvgIpc) is 2.91. The molecule has 7 nitrogen and oxygen atoms in total. The number of ketones is 1. The lowest BCUT2D eigenvalue weighted by atomic mass is 9.98. The topological polar surface area (TPSA) is 107 Å². The summed E-state index contributed by atoms with van der Waals surface area (Å²) in [6.07, 6.45) is 2.94. The third kappa shape index (κ3) is 9.55. The van der Waals surface area contributed by atoms with E-state index in [1.54, 1.807) is 19.1 Å². The van der Waals surface area contributed by atoms with Crippen LogP contribution in [0.3, 0.4) is 0 Å². The Morgan fingerprint density at radius 2 is 1.77 bits per heavy atom. The van der Waals surface area contributed by atoms with Gasteiger partial charge in [0.2, 0.25) is 0 Å². The van der Waals surface area contributed by atoms with E-state index in [2.05, 4.69) is 18.8 Å². The standard InChI is InChI=1S/C31H42N2O5S/c1-6-8-10-17-28(35)26(7-2)33(20-39-21(3)4)31(38)29(36)25(19-23-14-11-9-12-15-23)32-30(37)24-16-13-18-27(34)22(24)5/h7,9,11-16,18,21,25-26,29,34,36H,2,6,8,10,17,19-20H2,1,3-5H3,(H,32,37)/t25-,26-,29-/m0/s1. The predicted molar refractivity (Wildman–Crippen MR) is 158 cm³/mol. The largest absolute Gasteiger partial charge is 0.508 e. The third-order valence-corrected chi connectivity index (χ3v) is 7.64. The Hall–Kier alpha value is -3.10. The highest BCUT2D eigenvalue weighted by Crippen LogP contribution is 2.22. The molecule has 0 aliphatic carbocycles. The number of thioether (sulfide) groups is 1. The number of carbonyl (C=O) groups is 3. The number of Topliss-reactive ketones (excluding diaryl/α,β-unsaturated/α-hetero) is 1. The van der Waals surface area contributed by atoms with Crippen molar-refractivity contribution in [2.45, 2.75) is 83.2 Å². The van der Waals surface area contributed by atoms with Crippen molar-refractivity contribution >= 4 is 29.4 Å². The molecule has 2 aromatic carbocycles. The normalized spacial score (nSPS) is 13.4. The van der Waals surface area contributed by atoms with Crippen LogP contribution in [-0.4, -0.2) is 62.0 Å². The minimum absolute atomic E-state index is 0.0221. The van der Waals surface area contributed by atoms with Crippen molar-refractivity contribution < 1.29 is 24.6 Å². The minimum Gasteiger partial charge on any atom is -0.508 e. The highest BCUT2D eigenvalue weighted by atomic mass is 32.2. The molecular weight excluding hydrogens is 512 g/mol. The second kappa shape index (κ2) is 16.1. The molecule has 0 spiro atoms. The summed E-state index contributed by atoms with van der Waals surface area (Å²) in [4.78, 5) is 41.6. The zero-order valence-electron chi connectivity index (χ0n) is 23.4. The van der Waals surface area contributed by atoms with Crippen molar-refractivity contribution in [2.24, 2.45) is 0 Å². The maximum absolute atomic E-state index is 13.8. The molecule has 0 aromatic heterocycles. The molecule has 2 rings (SSSR count). The Kier molecular flexibility index (Phi) is 13.3. The van der Waals surface area contributed by atoms with E-state index in [4.69, 9.17) is 0 Å². The quantitative estimate of drug-likeness (QED) is 0.153. The fraction of sp³-hybridized carbons (Fsp3) is 0.452. The molecular formula is C31H42N2O5S. The van der Waals surface area contributed by atoms with Crippen molar-refractivity contribution in [3.05, 3.63) is 77.9 Å². The molecule has 0 aliphatic rings. The van der Waals surface area contributed by atoms with Gasteiger partial charge >= 0.3 is 0 Å². The number of nitrogens with one attached hydrogen (secondary N) is 1. The first-order valence-corrected chi connectivity index (χ1v) is 14.5. The van der Waals surface area contributed by atoms with Crippen molar-refractivity contribution in [3.63, 3.8) is 0 Å². The summed E-state index contributed by atoms with van der Waals surface area (Å²) in [5, 5.41) is 24.5. The van der Waals surface area contributed by atoms with Crippen LogP contribution in [0.2, 0.25) is 0 Å². The van der Waals surface area contributed by atoms with E-state index in [1.165, 1.54) is 28.8 Å². The Morgan fingerprint density at radius 3 is 2.38 bits per heavy atom. The maximum Gasteiger partial charge on any atom is 0.255 e. The van der Waals surface area contributed by atoms with Crippen LogP contribution in [0.25, 0.3) is 0 Å². The van der Waals surface area contributed by atoms with Crippen molar-refractivity contribution in [1.29, 1.82) is 0 Å². The van der Waals surface area contributed by atoms with Crippen LogP contribution in [0.5, 0.6) is 5.75 Å². The monoisotopic (exact) mass is 554 g/mol. The van der Waals surface area contributed by atoms with Gasteiger partial charge in [0.25, 0.3) is 11.8 Å². The number of amides is 2. The minimum atomic E-state index is -1.62. The number of hydrogen-bond acceptors (Lipinski definition) is 6. The summed E-state index contributed by atoms with van der Waals surface area (Å²) < 4.78 is 0. The number of rotatable bonds is 16. The summed E-state index contributed by atoms with van der Waals surface area (Å²) in [5.41, 5.74) is 1.46. The highest BCUT2D eigenvalue weighted by Gasteiger charge is 2.36. The molecule has 0 fully saturated rings. The van der Waals surface area contributed by atoms with Gasteiger partial charge in [-0.2, -0.15) is 0 Å². The molecule has 212 valence electrons. The Bertz CT molecular complexity index is 1110. The molecule has 8 heteroatoms. The van der Waals surface area contributed by atoms with Gasteiger partial charge in [-0.25, -0.2) is 0 Å². The molecule has 0 saturated carbocycles. The number of carbonyl (C=O) groups excluding carboxylic acids is 3. The highest BCUT2D eigenvalue weighted by molar-refractivity contribution is 7.99. The number of aromatic hydroxyl groups is 1. The summed E-state index contributed by atoms with van der Waals surface area (Å²) in [7, 11) is 0. The molecule has 3 atom stereocenters. The SMILES string of the molecule is C=C[C@@H](C(=O)CCCCC)N(CSC(C)C)C(=O)[C@@H](O)[C@H](Cc1ccccc1)NC(=O)c1cccc(O)c1C. The summed E-state index contributed by atoms with van der Waals surface area (Å²) in [5.74, 6) is -1.11. The number of phenols is 1. The van der Waals surface area contributed by atoms with Gasteiger partial charge in [-0.3, -0.25) is 14.4 Å². The number of nitrogens with zero attached hydrogens (tertiary/aromatic N) is 1. The summed E-state index contributed by atoms with van der Waals surface area (Å²) >= 11 is 1.48. The lowest BCUT2D eigenvalue weighted by molar-refractivity contribution is -0.145. The van der Waals surface area contributed by atoms with Gasteiger partial charge in [0.15, 0.2) is 11.9 Å². The average molecular weight is 555 g/mol. The van der Waals surface area contributed by atoms with Crippen LogP contribution in [0.1, 0.15) is 67.9 Å². The van der Waals surface area contributed by atoms with Crippen molar-refractivity contribution in [2.75, 3.05) is 5.88 Å². The Morgan fingerprint density at radius 1 is 1.08 bits per heavy atom. The molecule has 3 N–H and O–H groups in total. The van der Waals surface area contributed by atoms with E-state index in [9.17, 15) is 24.6 Å². The van der Waals surface area contributed by atoms with E-state index in [-0.39, 0.29) is 34.6 Å². The molecule has 0 heterocycles. The van der Waals surface area contributed by atoms with Gasteiger partial charge < -0.3 is 20.4 Å². The molecule has 39 heavy (non-hydrogen) atoms. The second-order valence-corrected chi connectivity index (χ2v) is 11.5. The first-order chi connectivity index (χ1) is 18.6. The molecule has 2 aromatic rings. The molecule has 0 aliphatic heterocycles. The number of benzene rings is 2. The molecule has 2 amide bonds. The van der Waals surface area contributed by atoms with E-state index in [0.717, 1.165) is 24.8 Å². The predicted octanol–water partition coefficient (Wildman–Crippen LogP) is 5.03. The Balaban J connectivity index is 2.39. The van der Waals surface area contributed by atoms with Crippen LogP contribution in [-0.2, 0) is 16.0 Å². The van der Waals surface area contributed by atoms with Crippen LogP contribution in [0, 0.1) is 6.92 Å². The number of hydrogen-bond donors (Lipinski definition) is 3. The summed E-state index contributed by atoms with van der Waals surface area (Å²) in [6, 6.07) is 12.0. The fourth-order valence-electron chi connectivity index (χ4n) is 4.21. The first-order valence-electron chi connectivity index (χ1n) is 13.5. The first kappa shape index (κ1) is 32.1. The van der Waals surface area contributed by atoms with Gasteiger partial charge in [-0.1, -0.05) is 76.1 Å². The molecule has 0 radical (unpaired) electrons. The van der Waals surface area contributed by atoms with Crippen LogP contribution in [0.15, 0.2) is 61.2 Å². The fourth-order valence-corrected chi connectivity index (χ4v) is 4.95. The van der Waals surface area contributed by atoms with E-state index >= 15 is 0 Å². The molecule has 0 saturated heterocycles. The van der Waals surface area contributed by atoms with Crippen molar-refractivity contribution in [3.8, 4) is 5.75 Å². The smallest absolute Gasteiger partial charge is 0.255 e. The third-order valence-electron chi connectivity index (χ3n) is 6.54. The van der Waals surface area contributed by atoms with E-state index < -0.39 is 30.0 Å². The zero-order valence-corrected chi connectivity index (χ0v) is 24.2. The van der Waals surface area contributed by atoms with Crippen LogP contribution >= 0.6 is 11.8 Å². The number of unbranched alkanes of at least 4 members (excludes halogenated alkanes) is 2. The number of aliphatic hydroxyl groups excluding tert-OH is 1. The zero-order chi connectivity index (χ0) is 28.9. The van der Waals surface area contributed by atoms with Gasteiger partial charge in [-0.15, -0.1) is 18.3 Å². The Labute approximate surface area is 236 Å². The van der Waals surface area contributed by atoms with Gasteiger partial charge in [0.05, 0.1) is 11.9 Å². The molecule has 0 bridgehead atoms. The lowest BCUT2D eigenvalue weighted by Crippen LogP contribution is -2.55. The van der Waals surface area contributed by atoms with Crippen LogP contribution in [0.4, 0.5) is 0 Å². The van der Waals surface area contributed by atoms with Gasteiger partial charge in [-0.05, 0) is 37.5 Å². The van der Waals surface area contributed by atoms with Gasteiger partial charge in [0, 0.05) is 22.8 Å². The van der Waals surface area contributed by atoms with Crippen LogP contribution < -0.4 is 5.32 Å². The number of aliphatic hydroxyl groups is 1. The van der Waals surface area contributed by atoms with Crippen molar-refractivity contribution in [1.82, 2.24) is 10.2 Å². The lowest BCUT2D eigenvalue weighted by Gasteiger charge is -2.33. The maximum atomic E-state index is 13.8. The molecule has 0 unspecified atom stereocenters. The number of phenolic OH excluding ortho intramolecular Hbond substituents is 1. The van der Waals surface area contributed by atoms with E-state index in [0.29, 0.717) is 12.0 Å².